The quantitative estimate of drug-likeness (QED) is 0.683. The number of ether oxygens (including phenoxy) is 2. The summed E-state index contributed by atoms with van der Waals surface area (Å²) in [6.07, 6.45) is 1.69. The number of benzene rings is 1. The number of rotatable bonds is 8. The predicted octanol–water partition coefficient (Wildman–Crippen LogP) is 1.83. The Morgan fingerprint density at radius 2 is 1.88 bits per heavy atom. The molecule has 0 saturated carbocycles. The van der Waals surface area contributed by atoms with Gasteiger partial charge >= 0.3 is 5.97 Å². The molecule has 0 spiro atoms. The summed E-state index contributed by atoms with van der Waals surface area (Å²) in [6, 6.07) is 9.61. The first-order valence-corrected chi connectivity index (χ1v) is 8.03. The van der Waals surface area contributed by atoms with Gasteiger partial charge in [-0.3, -0.25) is 9.59 Å². The zero-order valence-corrected chi connectivity index (χ0v) is 14.8. The Balaban J connectivity index is 2.20. The summed E-state index contributed by atoms with van der Waals surface area (Å²) in [5.41, 5.74) is 2.14. The predicted molar refractivity (Wildman–Crippen MR) is 92.7 cm³/mol. The van der Waals surface area contributed by atoms with Crippen LogP contribution >= 0.6 is 0 Å². The molecule has 0 unspecified atom stereocenters. The summed E-state index contributed by atoms with van der Waals surface area (Å²) in [5, 5.41) is 4.33. The maximum Gasteiger partial charge on any atom is 0.307 e. The second kappa shape index (κ2) is 8.98. The van der Waals surface area contributed by atoms with E-state index in [4.69, 9.17) is 4.74 Å². The normalized spacial score (nSPS) is 10.5. The van der Waals surface area contributed by atoms with Crippen molar-refractivity contribution >= 4 is 11.9 Å². The molecule has 0 N–H and O–H groups in total. The maximum atomic E-state index is 12.9. The van der Waals surface area contributed by atoms with Crippen LogP contribution in [0.3, 0.4) is 0 Å². The van der Waals surface area contributed by atoms with Gasteiger partial charge in [-0.2, -0.15) is 5.10 Å². The Morgan fingerprint density at radius 3 is 2.52 bits per heavy atom. The monoisotopic (exact) mass is 345 g/mol. The van der Waals surface area contributed by atoms with Crippen LogP contribution in [0, 0.1) is 6.92 Å². The van der Waals surface area contributed by atoms with Gasteiger partial charge in [0.05, 0.1) is 43.3 Å². The fourth-order valence-corrected chi connectivity index (χ4v) is 2.46. The van der Waals surface area contributed by atoms with Gasteiger partial charge in [0, 0.05) is 20.2 Å². The third kappa shape index (κ3) is 4.67. The first-order valence-electron chi connectivity index (χ1n) is 8.03. The molecule has 1 aromatic heterocycles. The summed E-state index contributed by atoms with van der Waals surface area (Å²) < 4.78 is 11.4. The molecule has 0 aliphatic carbocycles. The van der Waals surface area contributed by atoms with Gasteiger partial charge in [-0.15, -0.1) is 0 Å². The molecule has 7 heteroatoms. The van der Waals surface area contributed by atoms with E-state index in [0.717, 1.165) is 11.4 Å². The van der Waals surface area contributed by atoms with Crippen LogP contribution in [0.2, 0.25) is 0 Å². The maximum absolute atomic E-state index is 12.9. The number of hydrogen-bond acceptors (Lipinski definition) is 5. The number of carbonyl (C=O) groups excluding carboxylic acids is 2. The van der Waals surface area contributed by atoms with Crippen molar-refractivity contribution in [2.45, 2.75) is 13.3 Å². The van der Waals surface area contributed by atoms with Crippen LogP contribution in [0.1, 0.15) is 22.5 Å². The molecule has 1 amide bonds. The van der Waals surface area contributed by atoms with Crippen molar-refractivity contribution in [3.8, 4) is 5.69 Å². The summed E-state index contributed by atoms with van der Waals surface area (Å²) in [4.78, 5) is 25.9. The van der Waals surface area contributed by atoms with Gasteiger partial charge in [0.1, 0.15) is 0 Å². The van der Waals surface area contributed by atoms with Gasteiger partial charge in [-0.05, 0) is 19.1 Å². The zero-order valence-electron chi connectivity index (χ0n) is 14.8. The minimum atomic E-state index is -0.355. The van der Waals surface area contributed by atoms with E-state index in [1.54, 1.807) is 22.9 Å². The fourth-order valence-electron chi connectivity index (χ4n) is 2.46. The van der Waals surface area contributed by atoms with E-state index in [-0.39, 0.29) is 24.8 Å². The molecule has 0 atom stereocenters. The zero-order chi connectivity index (χ0) is 18.2. The fraction of sp³-hybridized carbons (Fsp3) is 0.389. The lowest BCUT2D eigenvalue weighted by Gasteiger charge is -2.21. The molecule has 7 nitrogen and oxygen atoms in total. The topological polar surface area (TPSA) is 73.7 Å². The largest absolute Gasteiger partial charge is 0.469 e. The number of methoxy groups -OCH3 is 2. The molecule has 0 aliphatic heterocycles. The van der Waals surface area contributed by atoms with E-state index < -0.39 is 0 Å². The number of carbonyl (C=O) groups is 2. The second-order valence-corrected chi connectivity index (χ2v) is 5.50. The van der Waals surface area contributed by atoms with Gasteiger partial charge in [-0.25, -0.2) is 4.68 Å². The van der Waals surface area contributed by atoms with Crippen LogP contribution in [-0.4, -0.2) is 60.5 Å². The minimum Gasteiger partial charge on any atom is -0.469 e. The minimum absolute atomic E-state index is 0.137. The Kier molecular flexibility index (Phi) is 6.71. The van der Waals surface area contributed by atoms with E-state index in [1.807, 2.05) is 37.3 Å². The highest BCUT2D eigenvalue weighted by molar-refractivity contribution is 5.95. The van der Waals surface area contributed by atoms with Crippen molar-refractivity contribution in [1.82, 2.24) is 14.7 Å². The molecule has 134 valence electrons. The number of hydrogen-bond donors (Lipinski definition) is 0. The van der Waals surface area contributed by atoms with Crippen LogP contribution in [0.4, 0.5) is 0 Å². The second-order valence-electron chi connectivity index (χ2n) is 5.50. The Labute approximate surface area is 147 Å². The van der Waals surface area contributed by atoms with Gasteiger partial charge in [0.15, 0.2) is 0 Å². The van der Waals surface area contributed by atoms with E-state index in [1.165, 1.54) is 7.11 Å². The standard InChI is InChI=1S/C18H23N3O4/c1-14-16(13-19-21(14)15-7-5-4-6-8-15)18(23)20(11-12-24-2)10-9-17(22)25-3/h4-8,13H,9-12H2,1-3H3. The molecule has 25 heavy (non-hydrogen) atoms. The lowest BCUT2D eigenvalue weighted by atomic mass is 10.2. The van der Waals surface area contributed by atoms with Crippen molar-refractivity contribution in [3.63, 3.8) is 0 Å². The summed E-state index contributed by atoms with van der Waals surface area (Å²) in [5.74, 6) is -0.535. The van der Waals surface area contributed by atoms with E-state index in [2.05, 4.69) is 9.84 Å². The highest BCUT2D eigenvalue weighted by atomic mass is 16.5. The van der Waals surface area contributed by atoms with Crippen molar-refractivity contribution in [2.75, 3.05) is 33.9 Å². The number of aromatic nitrogens is 2. The van der Waals surface area contributed by atoms with Crippen LogP contribution in [0.5, 0.6) is 0 Å². The molecule has 0 bridgehead atoms. The van der Waals surface area contributed by atoms with E-state index >= 15 is 0 Å². The lowest BCUT2D eigenvalue weighted by molar-refractivity contribution is -0.140. The third-order valence-corrected chi connectivity index (χ3v) is 3.91. The van der Waals surface area contributed by atoms with Crippen LogP contribution in [0.15, 0.2) is 36.5 Å². The summed E-state index contributed by atoms with van der Waals surface area (Å²) >= 11 is 0. The molecule has 0 aliphatic rings. The molecule has 1 aromatic carbocycles. The molecule has 0 saturated heterocycles. The van der Waals surface area contributed by atoms with Crippen LogP contribution in [-0.2, 0) is 14.3 Å². The van der Waals surface area contributed by atoms with Crippen LogP contribution < -0.4 is 0 Å². The summed E-state index contributed by atoms with van der Waals surface area (Å²) in [6.45, 7) is 2.90. The van der Waals surface area contributed by atoms with Crippen molar-refractivity contribution in [3.05, 3.63) is 47.8 Å². The highest BCUT2D eigenvalue weighted by Crippen LogP contribution is 2.16. The Hall–Kier alpha value is -2.67. The van der Waals surface area contributed by atoms with Crippen molar-refractivity contribution in [2.24, 2.45) is 0 Å². The average molecular weight is 345 g/mol. The Bertz CT molecular complexity index is 712. The lowest BCUT2D eigenvalue weighted by Crippen LogP contribution is -2.36. The number of esters is 1. The molecule has 2 rings (SSSR count). The van der Waals surface area contributed by atoms with Crippen molar-refractivity contribution < 1.29 is 19.1 Å². The molecular formula is C18H23N3O4. The first-order chi connectivity index (χ1) is 12.1. The molecule has 2 aromatic rings. The first kappa shape index (κ1) is 18.7. The van der Waals surface area contributed by atoms with Gasteiger partial charge in [-0.1, -0.05) is 18.2 Å². The molecular weight excluding hydrogens is 322 g/mol. The SMILES string of the molecule is COCCN(CCC(=O)OC)C(=O)c1cnn(-c2ccccc2)c1C. The van der Waals surface area contributed by atoms with Crippen LogP contribution in [0.25, 0.3) is 5.69 Å². The highest BCUT2D eigenvalue weighted by Gasteiger charge is 2.21. The molecule has 0 radical (unpaired) electrons. The summed E-state index contributed by atoms with van der Waals surface area (Å²) in [7, 11) is 2.90. The van der Waals surface area contributed by atoms with Gasteiger partial charge < -0.3 is 14.4 Å². The average Bonchev–Trinajstić information content (AvgIpc) is 3.03. The number of para-hydroxylation sites is 1. The van der Waals surface area contributed by atoms with E-state index in [0.29, 0.717) is 18.7 Å². The molecule has 0 fully saturated rings. The third-order valence-electron chi connectivity index (χ3n) is 3.91. The Morgan fingerprint density at radius 1 is 1.16 bits per heavy atom. The van der Waals surface area contributed by atoms with Gasteiger partial charge in [0.2, 0.25) is 0 Å². The molecule has 1 heterocycles. The van der Waals surface area contributed by atoms with Gasteiger partial charge in [0.25, 0.3) is 5.91 Å². The van der Waals surface area contributed by atoms with Crippen molar-refractivity contribution in [1.29, 1.82) is 0 Å². The number of amides is 1. The number of nitrogens with zero attached hydrogens (tertiary/aromatic N) is 3. The smallest absolute Gasteiger partial charge is 0.307 e. The van der Waals surface area contributed by atoms with E-state index in [9.17, 15) is 9.59 Å².